The molecule has 0 aromatic heterocycles. The highest BCUT2D eigenvalue weighted by molar-refractivity contribution is 5.96. The first kappa shape index (κ1) is 21.2. The van der Waals surface area contributed by atoms with Crippen molar-refractivity contribution in [1.82, 2.24) is 5.32 Å². The molecule has 0 unspecified atom stereocenters. The highest BCUT2D eigenvalue weighted by Gasteiger charge is 2.15. The van der Waals surface area contributed by atoms with Gasteiger partial charge in [0.05, 0.1) is 5.56 Å². The number of nitrogens with one attached hydrogen (secondary N) is 2. The summed E-state index contributed by atoms with van der Waals surface area (Å²) in [5.41, 5.74) is 1.25. The molecule has 7 nitrogen and oxygen atoms in total. The summed E-state index contributed by atoms with van der Waals surface area (Å²) in [6, 6.07) is 9.82. The average Bonchev–Trinajstić information content (AvgIpc) is 3.26. The molecule has 0 bridgehead atoms. The van der Waals surface area contributed by atoms with E-state index >= 15 is 0 Å². The molecule has 3 rings (SSSR count). The van der Waals surface area contributed by atoms with Crippen LogP contribution in [0.2, 0.25) is 0 Å². The first-order chi connectivity index (χ1) is 14.4. The number of nitrogens with zero attached hydrogens (tertiary/aromatic N) is 1. The highest BCUT2D eigenvalue weighted by atomic mass is 19.1. The molecule has 1 heterocycles. The predicted octanol–water partition coefficient (Wildman–Crippen LogP) is 2.48. The highest BCUT2D eigenvalue weighted by Crippen LogP contribution is 2.22. The third-order valence-corrected chi connectivity index (χ3v) is 4.56. The Bertz CT molecular complexity index is 928. The lowest BCUT2D eigenvalue weighted by atomic mass is 10.2. The lowest BCUT2D eigenvalue weighted by Crippen LogP contribution is -2.32. The second-order valence-corrected chi connectivity index (χ2v) is 6.76. The lowest BCUT2D eigenvalue weighted by Gasteiger charge is -2.17. The number of hydrogen-bond acceptors (Lipinski definition) is 5. The van der Waals surface area contributed by atoms with E-state index in [1.54, 1.807) is 12.1 Å². The number of ether oxygens (including phenoxy) is 1. The van der Waals surface area contributed by atoms with E-state index in [-0.39, 0.29) is 0 Å². The predicted molar refractivity (Wildman–Crippen MR) is 106 cm³/mol. The quantitative estimate of drug-likeness (QED) is 0.676. The molecule has 2 N–H and O–H groups in total. The molecular weight excluding hydrogens is 396 g/mol. The van der Waals surface area contributed by atoms with Crippen molar-refractivity contribution in [1.29, 1.82) is 0 Å². The van der Waals surface area contributed by atoms with E-state index < -0.39 is 48.1 Å². The second kappa shape index (κ2) is 9.82. The summed E-state index contributed by atoms with van der Waals surface area (Å²) in [5.74, 6) is -4.17. The molecule has 1 aliphatic heterocycles. The van der Waals surface area contributed by atoms with Crippen LogP contribution in [0.5, 0.6) is 0 Å². The number of hydrogen-bond donors (Lipinski definition) is 2. The number of anilines is 2. The summed E-state index contributed by atoms with van der Waals surface area (Å²) in [7, 11) is 0. The average molecular weight is 417 g/mol. The summed E-state index contributed by atoms with van der Waals surface area (Å²) < 4.78 is 31.2. The van der Waals surface area contributed by atoms with Crippen molar-refractivity contribution in [3.8, 4) is 0 Å². The largest absolute Gasteiger partial charge is 0.454 e. The maximum absolute atomic E-state index is 13.5. The number of carbonyl (C=O) groups is 3. The van der Waals surface area contributed by atoms with E-state index in [1.807, 2.05) is 12.1 Å². The van der Waals surface area contributed by atoms with Crippen LogP contribution in [0.4, 0.5) is 20.2 Å². The third kappa shape index (κ3) is 5.76. The molecule has 1 saturated heterocycles. The molecule has 0 atom stereocenters. The Kier molecular flexibility index (Phi) is 6.95. The zero-order valence-corrected chi connectivity index (χ0v) is 16.1. The fourth-order valence-corrected chi connectivity index (χ4v) is 3.05. The molecule has 30 heavy (non-hydrogen) atoms. The number of esters is 1. The van der Waals surface area contributed by atoms with Crippen LogP contribution in [-0.4, -0.2) is 44.0 Å². The van der Waals surface area contributed by atoms with E-state index in [4.69, 9.17) is 4.74 Å². The van der Waals surface area contributed by atoms with Gasteiger partial charge in [0, 0.05) is 30.5 Å². The number of benzene rings is 2. The molecule has 2 aromatic carbocycles. The van der Waals surface area contributed by atoms with E-state index in [0.29, 0.717) is 11.8 Å². The maximum atomic E-state index is 13.5. The van der Waals surface area contributed by atoms with Gasteiger partial charge in [0.25, 0.3) is 11.8 Å². The van der Waals surface area contributed by atoms with E-state index in [0.717, 1.165) is 30.9 Å². The summed E-state index contributed by atoms with van der Waals surface area (Å²) >= 11 is 0. The maximum Gasteiger partial charge on any atom is 0.325 e. The Balaban J connectivity index is 1.39. The Morgan fingerprint density at radius 3 is 2.37 bits per heavy atom. The van der Waals surface area contributed by atoms with E-state index in [9.17, 15) is 23.2 Å². The summed E-state index contributed by atoms with van der Waals surface area (Å²) in [5, 5.41) is 4.76. The van der Waals surface area contributed by atoms with Crippen molar-refractivity contribution in [3.05, 3.63) is 59.7 Å². The minimum atomic E-state index is -1.05. The fraction of sp³-hybridized carbons (Fsp3) is 0.286. The first-order valence-electron chi connectivity index (χ1n) is 9.46. The summed E-state index contributed by atoms with van der Waals surface area (Å²) in [4.78, 5) is 37.7. The molecule has 1 aliphatic rings. The lowest BCUT2D eigenvalue weighted by molar-refractivity contribution is -0.146. The van der Waals surface area contributed by atoms with E-state index in [2.05, 4.69) is 15.5 Å². The minimum absolute atomic E-state index is 0.403. The van der Waals surface area contributed by atoms with Gasteiger partial charge < -0.3 is 20.3 Å². The number of amides is 2. The van der Waals surface area contributed by atoms with Gasteiger partial charge in [-0.1, -0.05) is 0 Å². The van der Waals surface area contributed by atoms with Crippen LogP contribution in [0.3, 0.4) is 0 Å². The Hall–Kier alpha value is -3.49. The monoisotopic (exact) mass is 417 g/mol. The normalized spacial score (nSPS) is 13.1. The molecule has 2 aromatic rings. The SMILES string of the molecule is O=C(COC(=O)CNC(=O)c1ccc(F)cc1F)Nc1ccc(N2CCCC2)cc1. The molecular formula is C21H21F2N3O4. The molecule has 0 spiro atoms. The van der Waals surface area contributed by atoms with Gasteiger partial charge >= 0.3 is 5.97 Å². The van der Waals surface area contributed by atoms with Gasteiger partial charge in [-0.05, 0) is 49.2 Å². The smallest absolute Gasteiger partial charge is 0.325 e. The molecule has 158 valence electrons. The third-order valence-electron chi connectivity index (χ3n) is 4.56. The summed E-state index contributed by atoms with van der Waals surface area (Å²) in [6.07, 6.45) is 2.34. The molecule has 0 aliphatic carbocycles. The van der Waals surface area contributed by atoms with Gasteiger partial charge in [0.2, 0.25) is 0 Å². The molecule has 9 heteroatoms. The van der Waals surface area contributed by atoms with Crippen LogP contribution < -0.4 is 15.5 Å². The van der Waals surface area contributed by atoms with Crippen molar-refractivity contribution in [2.45, 2.75) is 12.8 Å². The van der Waals surface area contributed by atoms with Crippen molar-refractivity contribution in [2.24, 2.45) is 0 Å². The van der Waals surface area contributed by atoms with Crippen molar-refractivity contribution in [2.75, 3.05) is 36.5 Å². The topological polar surface area (TPSA) is 87.7 Å². The van der Waals surface area contributed by atoms with Gasteiger partial charge in [-0.3, -0.25) is 14.4 Å². The molecule has 0 saturated carbocycles. The van der Waals surface area contributed by atoms with E-state index in [1.165, 1.54) is 12.8 Å². The number of rotatable bonds is 7. The van der Waals surface area contributed by atoms with Gasteiger partial charge in [-0.2, -0.15) is 0 Å². The van der Waals surface area contributed by atoms with Crippen LogP contribution >= 0.6 is 0 Å². The fourth-order valence-electron chi connectivity index (χ4n) is 3.05. The van der Waals surface area contributed by atoms with Crippen LogP contribution in [0.1, 0.15) is 23.2 Å². The zero-order valence-electron chi connectivity index (χ0n) is 16.1. The number of carbonyl (C=O) groups excluding carboxylic acids is 3. The van der Waals surface area contributed by atoms with Crippen molar-refractivity contribution in [3.63, 3.8) is 0 Å². The standard InChI is InChI=1S/C21H21F2N3O4/c22-14-3-8-17(18(23)11-14)21(29)24-12-20(28)30-13-19(27)25-15-4-6-16(7-5-15)26-9-1-2-10-26/h3-8,11H,1-2,9-10,12-13H2,(H,24,29)(H,25,27). The molecule has 2 amide bonds. The Labute approximate surface area is 172 Å². The molecule has 0 radical (unpaired) electrons. The van der Waals surface area contributed by atoms with Crippen LogP contribution in [0, 0.1) is 11.6 Å². The van der Waals surface area contributed by atoms with Crippen LogP contribution in [-0.2, 0) is 14.3 Å². The van der Waals surface area contributed by atoms with Gasteiger partial charge in [0.1, 0.15) is 18.2 Å². The van der Waals surface area contributed by atoms with Crippen LogP contribution in [0.25, 0.3) is 0 Å². The summed E-state index contributed by atoms with van der Waals surface area (Å²) in [6.45, 7) is 0.943. The zero-order chi connectivity index (χ0) is 21.5. The Morgan fingerprint density at radius 1 is 1.00 bits per heavy atom. The first-order valence-corrected chi connectivity index (χ1v) is 9.46. The Morgan fingerprint density at radius 2 is 1.70 bits per heavy atom. The van der Waals surface area contributed by atoms with Crippen molar-refractivity contribution < 1.29 is 27.9 Å². The van der Waals surface area contributed by atoms with Crippen molar-refractivity contribution >= 4 is 29.2 Å². The van der Waals surface area contributed by atoms with Gasteiger partial charge in [0.15, 0.2) is 6.61 Å². The van der Waals surface area contributed by atoms with Gasteiger partial charge in [-0.25, -0.2) is 8.78 Å². The second-order valence-electron chi connectivity index (χ2n) is 6.76. The molecule has 1 fully saturated rings. The minimum Gasteiger partial charge on any atom is -0.454 e. The number of halogens is 2. The van der Waals surface area contributed by atoms with Crippen LogP contribution in [0.15, 0.2) is 42.5 Å². The van der Waals surface area contributed by atoms with Gasteiger partial charge in [-0.15, -0.1) is 0 Å².